The maximum Gasteiger partial charge on any atom is 0.191 e. The zero-order chi connectivity index (χ0) is 16.5. The Morgan fingerprint density at radius 1 is 1.17 bits per heavy atom. The van der Waals surface area contributed by atoms with E-state index in [0.717, 1.165) is 37.4 Å². The minimum absolute atomic E-state index is 0. The molecule has 4 nitrogen and oxygen atoms in total. The van der Waals surface area contributed by atoms with E-state index in [1.54, 1.807) is 0 Å². The Morgan fingerprint density at radius 2 is 1.78 bits per heavy atom. The Bertz CT molecular complexity index is 451. The molecule has 2 saturated carbocycles. The largest absolute Gasteiger partial charge is 0.354 e. The molecule has 2 aliphatic rings. The van der Waals surface area contributed by atoms with Gasteiger partial charge in [0.25, 0.3) is 0 Å². The van der Waals surface area contributed by atoms with Crippen LogP contribution in [0.4, 0.5) is 0 Å². The second kappa shape index (κ2) is 8.02. The predicted molar refractivity (Wildman–Crippen MR) is 111 cm³/mol. The molecule has 3 unspecified atom stereocenters. The third-order valence-electron chi connectivity index (χ3n) is 6.15. The first-order valence-electron chi connectivity index (χ1n) is 8.61. The van der Waals surface area contributed by atoms with Crippen molar-refractivity contribution in [3.05, 3.63) is 0 Å². The smallest absolute Gasteiger partial charge is 0.191 e. The van der Waals surface area contributed by atoms with Gasteiger partial charge in [-0.3, -0.25) is 9.20 Å². The molecule has 3 atom stereocenters. The van der Waals surface area contributed by atoms with Crippen molar-refractivity contribution in [1.29, 1.82) is 0 Å². The van der Waals surface area contributed by atoms with Crippen molar-refractivity contribution < 1.29 is 4.21 Å². The number of aliphatic imine (C=N–C) groups is 1. The first-order chi connectivity index (χ1) is 10.2. The third kappa shape index (κ3) is 4.41. The molecule has 0 saturated heterocycles. The summed E-state index contributed by atoms with van der Waals surface area (Å²) in [6.45, 7) is 11.2. The van der Waals surface area contributed by atoms with Crippen LogP contribution >= 0.6 is 24.0 Å². The molecule has 0 aliphatic heterocycles. The van der Waals surface area contributed by atoms with Gasteiger partial charge in [-0.1, -0.05) is 41.0 Å². The summed E-state index contributed by atoms with van der Waals surface area (Å²) < 4.78 is 12.1. The first-order valence-corrected chi connectivity index (χ1v) is 9.99. The lowest BCUT2D eigenvalue weighted by atomic mass is 9.95. The van der Waals surface area contributed by atoms with E-state index in [1.165, 1.54) is 0 Å². The molecule has 2 rings (SSSR count). The van der Waals surface area contributed by atoms with Crippen molar-refractivity contribution in [3.8, 4) is 0 Å². The Labute approximate surface area is 161 Å². The molecule has 0 spiro atoms. The van der Waals surface area contributed by atoms with Crippen LogP contribution in [-0.4, -0.2) is 40.3 Å². The van der Waals surface area contributed by atoms with Gasteiger partial charge in [-0.2, -0.15) is 0 Å². The van der Waals surface area contributed by atoms with Crippen molar-refractivity contribution in [3.63, 3.8) is 0 Å². The SMILES string of the molecule is CCS(=O)C1CCCC(NC(=NC)NC2C(C)(C)C2(C)C)C1.I. The van der Waals surface area contributed by atoms with Crippen molar-refractivity contribution >= 4 is 40.7 Å². The topological polar surface area (TPSA) is 53.5 Å². The Morgan fingerprint density at radius 3 is 2.26 bits per heavy atom. The van der Waals surface area contributed by atoms with Gasteiger partial charge in [0.15, 0.2) is 5.96 Å². The van der Waals surface area contributed by atoms with E-state index in [-0.39, 0.29) is 24.0 Å². The fourth-order valence-corrected chi connectivity index (χ4v) is 5.16. The fourth-order valence-electron chi connectivity index (χ4n) is 3.81. The number of rotatable bonds is 4. The number of nitrogens with one attached hydrogen (secondary N) is 2. The first kappa shape index (κ1) is 21.2. The highest BCUT2D eigenvalue weighted by Crippen LogP contribution is 2.62. The average molecular weight is 455 g/mol. The maximum absolute atomic E-state index is 12.1. The minimum atomic E-state index is -0.675. The summed E-state index contributed by atoms with van der Waals surface area (Å²) >= 11 is 0. The van der Waals surface area contributed by atoms with Gasteiger partial charge < -0.3 is 10.6 Å². The molecule has 0 aromatic heterocycles. The second-order valence-electron chi connectivity index (χ2n) is 7.89. The lowest BCUT2D eigenvalue weighted by Crippen LogP contribution is -2.48. The van der Waals surface area contributed by atoms with Crippen molar-refractivity contribution in [2.45, 2.75) is 77.6 Å². The monoisotopic (exact) mass is 455 g/mol. The van der Waals surface area contributed by atoms with Crippen LogP contribution in [0.15, 0.2) is 4.99 Å². The average Bonchev–Trinajstić information content (AvgIpc) is 2.87. The zero-order valence-electron chi connectivity index (χ0n) is 15.4. The van der Waals surface area contributed by atoms with Gasteiger partial charge in [-0.05, 0) is 30.1 Å². The summed E-state index contributed by atoms with van der Waals surface area (Å²) in [5, 5.41) is 7.51. The Hall–Kier alpha value is 0.150. The zero-order valence-corrected chi connectivity index (χ0v) is 18.6. The predicted octanol–water partition coefficient (Wildman–Crippen LogP) is 3.28. The summed E-state index contributed by atoms with van der Waals surface area (Å²) in [5.41, 5.74) is 0.590. The van der Waals surface area contributed by atoms with Gasteiger partial charge in [-0.25, -0.2) is 0 Å². The number of guanidine groups is 1. The highest BCUT2D eigenvalue weighted by atomic mass is 127. The molecule has 0 radical (unpaired) electrons. The molecule has 2 aliphatic carbocycles. The number of halogens is 1. The Kier molecular flexibility index (Phi) is 7.39. The van der Waals surface area contributed by atoms with E-state index in [0.29, 0.717) is 28.2 Å². The van der Waals surface area contributed by atoms with E-state index in [2.05, 4.69) is 43.3 Å². The van der Waals surface area contributed by atoms with Gasteiger partial charge >= 0.3 is 0 Å². The van der Waals surface area contributed by atoms with Crippen molar-refractivity contribution in [1.82, 2.24) is 10.6 Å². The fraction of sp³-hybridized carbons (Fsp3) is 0.941. The van der Waals surface area contributed by atoms with E-state index in [4.69, 9.17) is 0 Å². The van der Waals surface area contributed by atoms with Crippen LogP contribution in [0.3, 0.4) is 0 Å². The Balaban J connectivity index is 0.00000264. The normalized spacial score (nSPS) is 31.0. The van der Waals surface area contributed by atoms with Crippen LogP contribution in [0, 0.1) is 10.8 Å². The molecule has 6 heteroatoms. The molecular weight excluding hydrogens is 421 g/mol. The molecule has 136 valence electrons. The summed E-state index contributed by atoms with van der Waals surface area (Å²) in [5.74, 6) is 1.67. The summed E-state index contributed by atoms with van der Waals surface area (Å²) in [6, 6.07) is 0.848. The van der Waals surface area contributed by atoms with Gasteiger partial charge in [0, 0.05) is 40.9 Å². The van der Waals surface area contributed by atoms with E-state index in [1.807, 2.05) is 14.0 Å². The molecule has 2 fully saturated rings. The van der Waals surface area contributed by atoms with Gasteiger partial charge in [-0.15, -0.1) is 24.0 Å². The van der Waals surface area contributed by atoms with Crippen LogP contribution < -0.4 is 10.6 Å². The molecular formula is C17H34IN3OS. The van der Waals surface area contributed by atoms with Gasteiger partial charge in [0.1, 0.15) is 0 Å². The molecule has 0 aromatic rings. The highest BCUT2D eigenvalue weighted by molar-refractivity contribution is 14.0. The van der Waals surface area contributed by atoms with Gasteiger partial charge in [0.05, 0.1) is 0 Å². The van der Waals surface area contributed by atoms with E-state index >= 15 is 0 Å². The van der Waals surface area contributed by atoms with Gasteiger partial charge in [0.2, 0.25) is 0 Å². The number of nitrogens with zero attached hydrogens (tertiary/aromatic N) is 1. The minimum Gasteiger partial charge on any atom is -0.354 e. The van der Waals surface area contributed by atoms with E-state index in [9.17, 15) is 4.21 Å². The van der Waals surface area contributed by atoms with Crippen LogP contribution in [0.5, 0.6) is 0 Å². The summed E-state index contributed by atoms with van der Waals surface area (Å²) in [6.07, 6.45) is 4.41. The van der Waals surface area contributed by atoms with Crippen molar-refractivity contribution in [2.75, 3.05) is 12.8 Å². The van der Waals surface area contributed by atoms with Crippen LogP contribution in [-0.2, 0) is 10.8 Å². The second-order valence-corrected chi connectivity index (χ2v) is 9.90. The molecule has 2 N–H and O–H groups in total. The number of hydrogen-bond acceptors (Lipinski definition) is 2. The van der Waals surface area contributed by atoms with Crippen LogP contribution in [0.25, 0.3) is 0 Å². The molecule has 0 aromatic carbocycles. The number of hydrogen-bond donors (Lipinski definition) is 2. The lowest BCUT2D eigenvalue weighted by Gasteiger charge is -2.30. The van der Waals surface area contributed by atoms with E-state index < -0.39 is 10.8 Å². The van der Waals surface area contributed by atoms with Crippen LogP contribution in [0.1, 0.15) is 60.3 Å². The highest BCUT2D eigenvalue weighted by Gasteiger charge is 2.65. The van der Waals surface area contributed by atoms with Crippen LogP contribution in [0.2, 0.25) is 0 Å². The summed E-state index contributed by atoms with van der Waals surface area (Å²) in [4.78, 5) is 4.40. The standard InChI is InChI=1S/C17H33N3OS.HI/c1-7-22(21)13-10-8-9-12(11-13)19-15(18-6)20-14-16(2,3)17(14,4)5;/h12-14H,7-11H2,1-6H3,(H2,18,19,20);1H. The lowest BCUT2D eigenvalue weighted by molar-refractivity contribution is 0.412. The molecule has 0 heterocycles. The molecule has 0 bridgehead atoms. The molecule has 0 amide bonds. The quantitative estimate of drug-likeness (QED) is 0.389. The third-order valence-corrected chi connectivity index (χ3v) is 7.89. The molecule has 23 heavy (non-hydrogen) atoms. The summed E-state index contributed by atoms with van der Waals surface area (Å²) in [7, 11) is 1.16. The van der Waals surface area contributed by atoms with Crippen molar-refractivity contribution in [2.24, 2.45) is 15.8 Å². The maximum atomic E-state index is 12.1.